The maximum atomic E-state index is 13.6. The highest BCUT2D eigenvalue weighted by Crippen LogP contribution is 2.23. The Hall–Kier alpha value is -2.67. The lowest BCUT2D eigenvalue weighted by Gasteiger charge is -2.10. The first-order valence-corrected chi connectivity index (χ1v) is 6.78. The molecule has 0 aliphatic heterocycles. The highest BCUT2D eigenvalue weighted by molar-refractivity contribution is 6.30. The van der Waals surface area contributed by atoms with E-state index in [9.17, 15) is 13.6 Å². The SMILES string of the molecule is NC(=O)NN=Cc1cc(Cl)ccc1OCc1ccc(F)cc1F. The van der Waals surface area contributed by atoms with E-state index in [4.69, 9.17) is 22.1 Å². The van der Waals surface area contributed by atoms with Crippen molar-refractivity contribution >= 4 is 23.8 Å². The standard InChI is InChI=1S/C15H12ClF2N3O2/c16-11-2-4-14(10(5-11)7-20-21-15(19)22)23-8-9-1-3-12(17)6-13(9)18/h1-7H,8H2,(H3,19,21,22). The van der Waals surface area contributed by atoms with Gasteiger partial charge in [0.1, 0.15) is 24.0 Å². The van der Waals surface area contributed by atoms with E-state index in [1.54, 1.807) is 18.2 Å². The van der Waals surface area contributed by atoms with Crippen molar-refractivity contribution in [1.82, 2.24) is 5.43 Å². The molecule has 2 aromatic rings. The number of hydrogen-bond donors (Lipinski definition) is 2. The fourth-order valence-corrected chi connectivity index (χ4v) is 1.89. The van der Waals surface area contributed by atoms with Crippen LogP contribution in [-0.2, 0) is 6.61 Å². The zero-order valence-electron chi connectivity index (χ0n) is 11.7. The molecular formula is C15H12ClF2N3O2. The van der Waals surface area contributed by atoms with Gasteiger partial charge in [0, 0.05) is 22.2 Å². The third-order valence-corrected chi connectivity index (χ3v) is 2.98. The van der Waals surface area contributed by atoms with E-state index in [2.05, 4.69) is 5.10 Å². The first-order valence-electron chi connectivity index (χ1n) is 6.40. The van der Waals surface area contributed by atoms with E-state index in [0.717, 1.165) is 12.1 Å². The minimum absolute atomic E-state index is 0.113. The van der Waals surface area contributed by atoms with Crippen molar-refractivity contribution in [1.29, 1.82) is 0 Å². The smallest absolute Gasteiger partial charge is 0.332 e. The number of carbonyl (C=O) groups is 1. The summed E-state index contributed by atoms with van der Waals surface area (Å²) >= 11 is 5.89. The molecule has 0 heterocycles. The number of carbonyl (C=O) groups excluding carboxylic acids is 1. The van der Waals surface area contributed by atoms with Crippen molar-refractivity contribution in [3.63, 3.8) is 0 Å². The van der Waals surface area contributed by atoms with Gasteiger partial charge in [-0.2, -0.15) is 5.10 Å². The van der Waals surface area contributed by atoms with Gasteiger partial charge in [-0.1, -0.05) is 11.6 Å². The normalized spacial score (nSPS) is 10.7. The molecule has 0 saturated carbocycles. The van der Waals surface area contributed by atoms with Gasteiger partial charge < -0.3 is 10.5 Å². The maximum absolute atomic E-state index is 13.6. The van der Waals surface area contributed by atoms with E-state index in [0.29, 0.717) is 16.3 Å². The van der Waals surface area contributed by atoms with Gasteiger partial charge >= 0.3 is 6.03 Å². The summed E-state index contributed by atoms with van der Waals surface area (Å²) in [4.78, 5) is 10.6. The number of primary amides is 1. The summed E-state index contributed by atoms with van der Waals surface area (Å²) in [5, 5.41) is 4.04. The lowest BCUT2D eigenvalue weighted by Crippen LogP contribution is -2.24. The third kappa shape index (κ3) is 4.93. The Morgan fingerprint density at radius 1 is 1.30 bits per heavy atom. The van der Waals surface area contributed by atoms with E-state index < -0.39 is 17.7 Å². The summed E-state index contributed by atoms with van der Waals surface area (Å²) in [5.74, 6) is -1.01. The first kappa shape index (κ1) is 16.7. The fourth-order valence-electron chi connectivity index (χ4n) is 1.71. The number of rotatable bonds is 5. The van der Waals surface area contributed by atoms with Gasteiger partial charge in [-0.3, -0.25) is 0 Å². The Morgan fingerprint density at radius 3 is 2.78 bits per heavy atom. The topological polar surface area (TPSA) is 76.7 Å². The van der Waals surface area contributed by atoms with Crippen molar-refractivity contribution in [2.75, 3.05) is 0 Å². The molecular weight excluding hydrogens is 328 g/mol. The number of hydrogen-bond acceptors (Lipinski definition) is 3. The molecule has 120 valence electrons. The Kier molecular flexibility index (Phi) is 5.48. The largest absolute Gasteiger partial charge is 0.488 e. The second-order valence-electron chi connectivity index (χ2n) is 4.44. The zero-order valence-corrected chi connectivity index (χ0v) is 12.5. The second kappa shape index (κ2) is 7.55. The van der Waals surface area contributed by atoms with Gasteiger partial charge in [-0.25, -0.2) is 19.0 Å². The lowest BCUT2D eigenvalue weighted by molar-refractivity contribution is 0.249. The van der Waals surface area contributed by atoms with Gasteiger partial charge in [0.25, 0.3) is 0 Å². The molecule has 0 unspecified atom stereocenters. The molecule has 2 rings (SSSR count). The molecule has 0 aliphatic rings. The van der Waals surface area contributed by atoms with Gasteiger partial charge in [0.2, 0.25) is 0 Å². The van der Waals surface area contributed by atoms with Gasteiger partial charge in [0.05, 0.1) is 6.21 Å². The highest BCUT2D eigenvalue weighted by atomic mass is 35.5. The van der Waals surface area contributed by atoms with Crippen LogP contribution < -0.4 is 15.9 Å². The van der Waals surface area contributed by atoms with E-state index in [1.807, 2.05) is 5.43 Å². The average Bonchev–Trinajstić information content (AvgIpc) is 2.47. The van der Waals surface area contributed by atoms with Crippen LogP contribution in [0.5, 0.6) is 5.75 Å². The van der Waals surface area contributed by atoms with Crippen molar-refractivity contribution < 1.29 is 18.3 Å². The number of benzene rings is 2. The van der Waals surface area contributed by atoms with Crippen molar-refractivity contribution in [2.24, 2.45) is 10.8 Å². The molecule has 0 fully saturated rings. The fraction of sp³-hybridized carbons (Fsp3) is 0.0667. The quantitative estimate of drug-likeness (QED) is 0.648. The Balaban J connectivity index is 2.15. The summed E-state index contributed by atoms with van der Waals surface area (Å²) in [6, 6.07) is 7.08. The average molecular weight is 340 g/mol. The predicted molar refractivity (Wildman–Crippen MR) is 82.5 cm³/mol. The number of nitrogens with one attached hydrogen (secondary N) is 1. The summed E-state index contributed by atoms with van der Waals surface area (Å²) in [6.45, 7) is -0.113. The maximum Gasteiger partial charge on any atom is 0.332 e. The lowest BCUT2D eigenvalue weighted by atomic mass is 10.2. The molecule has 2 aromatic carbocycles. The van der Waals surface area contributed by atoms with Gasteiger partial charge in [-0.15, -0.1) is 0 Å². The minimum Gasteiger partial charge on any atom is -0.488 e. The predicted octanol–water partition coefficient (Wildman–Crippen LogP) is 3.20. The van der Waals surface area contributed by atoms with Crippen molar-refractivity contribution in [3.05, 3.63) is 64.2 Å². The van der Waals surface area contributed by atoms with Crippen LogP contribution in [-0.4, -0.2) is 12.2 Å². The molecule has 0 bridgehead atoms. The van der Waals surface area contributed by atoms with Crippen LogP contribution in [0.25, 0.3) is 0 Å². The number of ether oxygens (including phenoxy) is 1. The third-order valence-electron chi connectivity index (χ3n) is 2.75. The van der Waals surface area contributed by atoms with E-state index >= 15 is 0 Å². The molecule has 0 aliphatic carbocycles. The van der Waals surface area contributed by atoms with Crippen molar-refractivity contribution in [3.8, 4) is 5.75 Å². The molecule has 0 atom stereocenters. The van der Waals surface area contributed by atoms with Gasteiger partial charge in [0.15, 0.2) is 0 Å². The summed E-state index contributed by atoms with van der Waals surface area (Å²) in [5.41, 5.74) is 7.58. The molecule has 0 radical (unpaired) electrons. The van der Waals surface area contributed by atoms with Crippen LogP contribution in [0.15, 0.2) is 41.5 Å². The van der Waals surface area contributed by atoms with Crippen molar-refractivity contribution in [2.45, 2.75) is 6.61 Å². The summed E-state index contributed by atoms with van der Waals surface area (Å²) in [6.07, 6.45) is 1.28. The number of nitrogens with two attached hydrogens (primary N) is 1. The Bertz CT molecular complexity index is 753. The molecule has 0 aromatic heterocycles. The van der Waals surface area contributed by atoms with E-state index in [-0.39, 0.29) is 12.2 Å². The molecule has 8 heteroatoms. The molecule has 23 heavy (non-hydrogen) atoms. The monoisotopic (exact) mass is 339 g/mol. The molecule has 5 nitrogen and oxygen atoms in total. The number of halogens is 3. The first-order chi connectivity index (χ1) is 11.0. The highest BCUT2D eigenvalue weighted by Gasteiger charge is 2.07. The van der Waals surface area contributed by atoms with E-state index in [1.165, 1.54) is 12.3 Å². The molecule has 0 spiro atoms. The van der Waals surface area contributed by atoms with Crippen LogP contribution in [0.2, 0.25) is 5.02 Å². The van der Waals surface area contributed by atoms with Gasteiger partial charge in [-0.05, 0) is 30.3 Å². The van der Waals surface area contributed by atoms with Crippen LogP contribution >= 0.6 is 11.6 Å². The number of nitrogens with zero attached hydrogens (tertiary/aromatic N) is 1. The summed E-state index contributed by atoms with van der Waals surface area (Å²) < 4.78 is 31.9. The molecule has 3 N–H and O–H groups in total. The van der Waals surface area contributed by atoms with Crippen LogP contribution in [0.4, 0.5) is 13.6 Å². The number of amides is 2. The molecule has 0 saturated heterocycles. The number of hydrazone groups is 1. The second-order valence-corrected chi connectivity index (χ2v) is 4.88. The summed E-state index contributed by atoms with van der Waals surface area (Å²) in [7, 11) is 0. The number of urea groups is 1. The molecule has 2 amide bonds. The Morgan fingerprint density at radius 2 is 2.09 bits per heavy atom. The zero-order chi connectivity index (χ0) is 16.8. The van der Waals surface area contributed by atoms with Crippen LogP contribution in [0.1, 0.15) is 11.1 Å². The van der Waals surface area contributed by atoms with Crippen LogP contribution in [0.3, 0.4) is 0 Å². The minimum atomic E-state index is -0.820. The Labute approximate surface area is 135 Å². The van der Waals surface area contributed by atoms with Crippen LogP contribution in [0, 0.1) is 11.6 Å².